The number of nitrogens with zero attached hydrogens (tertiary/aromatic N) is 1. The zero-order chi connectivity index (χ0) is 15.8. The number of aromatic nitrogens is 1. The predicted molar refractivity (Wildman–Crippen MR) is 91.9 cm³/mol. The van der Waals surface area contributed by atoms with E-state index in [2.05, 4.69) is 4.98 Å². The van der Waals surface area contributed by atoms with Crippen molar-refractivity contribution >= 4 is 36.1 Å². The third-order valence-electron chi connectivity index (χ3n) is 2.86. The molecule has 0 bridgehead atoms. The van der Waals surface area contributed by atoms with Gasteiger partial charge >= 0.3 is 7.48 Å². The van der Waals surface area contributed by atoms with Crippen LogP contribution < -0.4 is 0 Å². The summed E-state index contributed by atoms with van der Waals surface area (Å²) in [5.74, 6) is 1.80. The molecule has 3 nitrogen and oxygen atoms in total. The summed E-state index contributed by atoms with van der Waals surface area (Å²) >= 11 is 5.66. The van der Waals surface area contributed by atoms with E-state index in [1.165, 1.54) is 0 Å². The minimum absolute atomic E-state index is 0.239. The highest BCUT2D eigenvalue weighted by molar-refractivity contribution is 6.34. The lowest BCUT2D eigenvalue weighted by molar-refractivity contribution is 0.480. The minimum Gasteiger partial charge on any atom is -0.506 e. The van der Waals surface area contributed by atoms with Gasteiger partial charge in [0.15, 0.2) is 0 Å². The number of hydrogen-bond acceptors (Lipinski definition) is 3. The monoisotopic (exact) mass is 310 g/mol. The van der Waals surface area contributed by atoms with Crippen LogP contribution >= 0.6 is 11.6 Å². The van der Waals surface area contributed by atoms with Gasteiger partial charge in [-0.1, -0.05) is 54.0 Å². The number of hydrogen-bond donors (Lipinski definition) is 2. The predicted octanol–water partition coefficient (Wildman–Crippen LogP) is 3.86. The van der Waals surface area contributed by atoms with E-state index in [0.29, 0.717) is 5.52 Å². The topological polar surface area (TPSA) is 53.4 Å². The molecule has 0 amide bonds. The van der Waals surface area contributed by atoms with Crippen molar-refractivity contribution in [1.29, 1.82) is 0 Å². The summed E-state index contributed by atoms with van der Waals surface area (Å²) in [7, 11) is 0.995. The Bertz CT molecular complexity index is 755. The van der Waals surface area contributed by atoms with Crippen molar-refractivity contribution in [2.75, 3.05) is 0 Å². The lowest BCUT2D eigenvalue weighted by atomic mass is 10.0. The Kier molecular flexibility index (Phi) is 6.01. The molecule has 0 aliphatic carbocycles. The number of aromatic hydroxyl groups is 1. The fourth-order valence-electron chi connectivity index (χ4n) is 1.82. The van der Waals surface area contributed by atoms with Gasteiger partial charge in [-0.15, -0.1) is 0 Å². The van der Waals surface area contributed by atoms with E-state index in [4.69, 9.17) is 16.6 Å². The number of fused-ring (bicyclic) bond motifs is 1. The molecule has 22 heavy (non-hydrogen) atoms. The lowest BCUT2D eigenvalue weighted by Gasteiger charge is -1.96. The van der Waals surface area contributed by atoms with Crippen LogP contribution in [0, 0.1) is 0 Å². The standard InChI is InChI=1S/C9H7NO.C8H7BClO/c11-8-5-1-3-7-4-2-6-10-9(7)8;10-8-3-1-7(2-4-8)5-6-9-11/h2*1-6,11H. The summed E-state index contributed by atoms with van der Waals surface area (Å²) in [6.45, 7) is 0. The summed E-state index contributed by atoms with van der Waals surface area (Å²) in [6, 6.07) is 16.5. The lowest BCUT2D eigenvalue weighted by Crippen LogP contribution is -1.77. The molecule has 2 aromatic carbocycles. The van der Waals surface area contributed by atoms with E-state index in [-0.39, 0.29) is 5.75 Å². The summed E-state index contributed by atoms with van der Waals surface area (Å²) in [5, 5.41) is 19.3. The van der Waals surface area contributed by atoms with E-state index in [1.807, 2.05) is 30.3 Å². The van der Waals surface area contributed by atoms with Crippen molar-refractivity contribution in [1.82, 2.24) is 4.98 Å². The third kappa shape index (κ3) is 4.62. The van der Waals surface area contributed by atoms with Crippen LogP contribution in [0.5, 0.6) is 5.75 Å². The van der Waals surface area contributed by atoms with Gasteiger partial charge in [-0.2, -0.15) is 0 Å². The highest BCUT2D eigenvalue weighted by Gasteiger charge is 1.96. The van der Waals surface area contributed by atoms with Crippen LogP contribution in [-0.2, 0) is 0 Å². The molecule has 5 heteroatoms. The van der Waals surface area contributed by atoms with E-state index in [9.17, 15) is 5.11 Å². The summed E-state index contributed by atoms with van der Waals surface area (Å²) in [5.41, 5.74) is 1.68. The van der Waals surface area contributed by atoms with E-state index >= 15 is 0 Å². The molecule has 109 valence electrons. The van der Waals surface area contributed by atoms with Gasteiger partial charge in [0.25, 0.3) is 0 Å². The van der Waals surface area contributed by atoms with Crippen LogP contribution in [0.25, 0.3) is 17.0 Å². The van der Waals surface area contributed by atoms with Crippen molar-refractivity contribution < 1.29 is 10.1 Å². The Labute approximate surface area is 134 Å². The summed E-state index contributed by atoms with van der Waals surface area (Å²) < 4.78 is 0. The largest absolute Gasteiger partial charge is 0.506 e. The van der Waals surface area contributed by atoms with Crippen LogP contribution in [0.2, 0.25) is 5.02 Å². The maximum Gasteiger partial charge on any atom is 0.318 e. The first-order valence-corrected chi connectivity index (χ1v) is 7.01. The van der Waals surface area contributed by atoms with Gasteiger partial charge < -0.3 is 10.1 Å². The van der Waals surface area contributed by atoms with Crippen molar-refractivity contribution in [3.63, 3.8) is 0 Å². The number of benzene rings is 2. The van der Waals surface area contributed by atoms with Gasteiger partial charge in [-0.05, 0) is 29.8 Å². The maximum atomic E-state index is 9.31. The fourth-order valence-corrected chi connectivity index (χ4v) is 1.94. The molecule has 1 heterocycles. The number of rotatable bonds is 2. The molecular weight excluding hydrogens is 296 g/mol. The zero-order valence-electron chi connectivity index (χ0n) is 11.7. The fraction of sp³-hybridized carbons (Fsp3) is 0. The van der Waals surface area contributed by atoms with E-state index < -0.39 is 0 Å². The molecular formula is C17H14BClNO2. The highest BCUT2D eigenvalue weighted by atomic mass is 35.5. The average molecular weight is 311 g/mol. The second-order valence-electron chi connectivity index (χ2n) is 4.41. The first-order valence-electron chi connectivity index (χ1n) is 6.63. The molecule has 0 fully saturated rings. The average Bonchev–Trinajstić information content (AvgIpc) is 2.56. The van der Waals surface area contributed by atoms with Crippen molar-refractivity contribution in [3.05, 3.63) is 77.4 Å². The normalized spacial score (nSPS) is 10.3. The van der Waals surface area contributed by atoms with E-state index in [1.54, 1.807) is 42.5 Å². The smallest absolute Gasteiger partial charge is 0.318 e. The van der Waals surface area contributed by atoms with Crippen molar-refractivity contribution in [2.24, 2.45) is 0 Å². The van der Waals surface area contributed by atoms with Gasteiger partial charge in [-0.3, -0.25) is 4.98 Å². The Morgan fingerprint density at radius 3 is 2.41 bits per heavy atom. The van der Waals surface area contributed by atoms with Gasteiger partial charge in [-0.25, -0.2) is 0 Å². The van der Waals surface area contributed by atoms with Crippen molar-refractivity contribution in [2.45, 2.75) is 0 Å². The van der Waals surface area contributed by atoms with Crippen LogP contribution in [0.1, 0.15) is 5.56 Å². The molecule has 1 aromatic heterocycles. The van der Waals surface area contributed by atoms with Crippen LogP contribution in [-0.4, -0.2) is 22.6 Å². The molecule has 0 aliphatic rings. The molecule has 3 aromatic rings. The highest BCUT2D eigenvalue weighted by Crippen LogP contribution is 2.20. The van der Waals surface area contributed by atoms with Crippen LogP contribution in [0.3, 0.4) is 0 Å². The second-order valence-corrected chi connectivity index (χ2v) is 4.85. The number of para-hydroxylation sites is 1. The number of phenols is 1. The van der Waals surface area contributed by atoms with Crippen LogP contribution in [0.4, 0.5) is 0 Å². The quantitative estimate of drug-likeness (QED) is 0.707. The maximum absolute atomic E-state index is 9.31. The molecule has 0 saturated heterocycles. The minimum atomic E-state index is 0.239. The SMILES string of the molecule is O[B]C=Cc1ccc(Cl)cc1.Oc1cccc2cccnc12. The Morgan fingerprint density at radius 2 is 1.73 bits per heavy atom. The molecule has 0 saturated carbocycles. The Balaban J connectivity index is 0.000000160. The first kappa shape index (κ1) is 16.1. The first-order chi connectivity index (χ1) is 10.7. The number of pyridine rings is 1. The molecule has 0 spiro atoms. The summed E-state index contributed by atoms with van der Waals surface area (Å²) in [6.07, 6.45) is 3.46. The Morgan fingerprint density at radius 1 is 1.00 bits per heavy atom. The second kappa shape index (κ2) is 8.22. The van der Waals surface area contributed by atoms with E-state index in [0.717, 1.165) is 23.5 Å². The summed E-state index contributed by atoms with van der Waals surface area (Å²) in [4.78, 5) is 4.03. The molecule has 1 radical (unpaired) electrons. The van der Waals surface area contributed by atoms with Gasteiger partial charge in [0.2, 0.25) is 0 Å². The molecule has 0 atom stereocenters. The van der Waals surface area contributed by atoms with Gasteiger partial charge in [0.05, 0.1) is 0 Å². The van der Waals surface area contributed by atoms with Gasteiger partial charge in [0, 0.05) is 16.6 Å². The van der Waals surface area contributed by atoms with Gasteiger partial charge in [0.1, 0.15) is 11.3 Å². The van der Waals surface area contributed by atoms with Crippen LogP contribution in [0.15, 0.2) is 66.8 Å². The molecule has 2 N–H and O–H groups in total. The number of phenolic OH excluding ortho intramolecular Hbond substituents is 1. The third-order valence-corrected chi connectivity index (χ3v) is 3.11. The molecule has 0 aliphatic heterocycles. The van der Waals surface area contributed by atoms with Crippen molar-refractivity contribution in [3.8, 4) is 5.75 Å². The molecule has 3 rings (SSSR count). The molecule has 0 unspecified atom stereocenters. The Hall–Kier alpha value is -2.30. The zero-order valence-corrected chi connectivity index (χ0v) is 12.5. The number of halogens is 1.